The van der Waals surface area contributed by atoms with E-state index in [2.05, 4.69) is 14.1 Å². The Balaban J connectivity index is 1.38. The van der Waals surface area contributed by atoms with Crippen molar-refractivity contribution in [1.29, 1.82) is 0 Å². The van der Waals surface area contributed by atoms with E-state index in [-0.39, 0.29) is 17.7 Å². The van der Waals surface area contributed by atoms with Gasteiger partial charge in [-0.1, -0.05) is 6.07 Å². The normalized spacial score (nSPS) is 21.1. The Bertz CT molecular complexity index is 953. The van der Waals surface area contributed by atoms with Crippen molar-refractivity contribution in [2.45, 2.75) is 19.3 Å². The van der Waals surface area contributed by atoms with Crippen molar-refractivity contribution in [2.24, 2.45) is 16.0 Å². The van der Waals surface area contributed by atoms with Crippen molar-refractivity contribution < 1.29 is 18.6 Å². The number of ether oxygens (including phenoxy) is 1. The largest absolute Gasteiger partial charge is 0.492 e. The van der Waals surface area contributed by atoms with Gasteiger partial charge in [-0.05, 0) is 53.6 Å². The van der Waals surface area contributed by atoms with Crippen LogP contribution < -0.4 is 15.2 Å². The molecule has 1 unspecified atom stereocenters. The Morgan fingerprint density at radius 3 is 2.90 bits per heavy atom. The molecule has 0 aliphatic carbocycles. The Morgan fingerprint density at radius 2 is 2.10 bits per heavy atom. The Hall–Kier alpha value is -2.82. The van der Waals surface area contributed by atoms with Crippen LogP contribution in [0.5, 0.6) is 5.75 Å². The molecular weight excluding hydrogens is 406 g/mol. The highest BCUT2D eigenvalue weighted by molar-refractivity contribution is 8.24. The summed E-state index contributed by atoms with van der Waals surface area (Å²) in [4.78, 5) is 18.5. The van der Waals surface area contributed by atoms with E-state index in [4.69, 9.17) is 10.5 Å². The summed E-state index contributed by atoms with van der Waals surface area (Å²) in [5, 5.41) is 0. The number of aromatic nitrogens is 1. The zero-order valence-electron chi connectivity index (χ0n) is 16.4. The van der Waals surface area contributed by atoms with Gasteiger partial charge in [-0.3, -0.25) is 23.6 Å². The van der Waals surface area contributed by atoms with Gasteiger partial charge in [0.15, 0.2) is 5.84 Å². The third-order valence-corrected chi connectivity index (χ3v) is 6.15. The van der Waals surface area contributed by atoms with Gasteiger partial charge in [-0.2, -0.15) is 0 Å². The molecular formula is C20H25N5O4S. The van der Waals surface area contributed by atoms with E-state index in [1.165, 1.54) is 0 Å². The van der Waals surface area contributed by atoms with Gasteiger partial charge < -0.3 is 15.4 Å². The number of fused-ring (bicyclic) bond motifs is 1. The van der Waals surface area contributed by atoms with Crippen LogP contribution in [0.25, 0.3) is 0 Å². The minimum atomic E-state index is -3.33. The van der Waals surface area contributed by atoms with Crippen LogP contribution in [0.4, 0.5) is 5.69 Å². The lowest BCUT2D eigenvalue weighted by atomic mass is 9.98. The number of carbonyl (C=O) groups excluding carboxylic acids is 1. The smallest absolute Gasteiger partial charge is 0.227 e. The number of amidine groups is 1. The molecule has 4 rings (SSSR count). The number of benzene rings is 1. The first-order valence-corrected chi connectivity index (χ1v) is 11.3. The molecule has 5 N–H and O–H groups in total. The molecule has 1 saturated heterocycles. The number of nitrogens with zero attached hydrogens (tertiary/aromatic N) is 3. The van der Waals surface area contributed by atoms with E-state index in [9.17, 15) is 13.9 Å². The highest BCUT2D eigenvalue weighted by atomic mass is 32.3. The molecule has 3 heterocycles. The SMILES string of the molecule is NC1=NS(O)(O)Nc2cccc(OCC3CCCN(C(=O)Cc4ccncc4)C3)c21. The van der Waals surface area contributed by atoms with Gasteiger partial charge in [-0.15, -0.1) is 4.40 Å². The van der Waals surface area contributed by atoms with Crippen LogP contribution in [0.15, 0.2) is 47.1 Å². The second kappa shape index (κ2) is 8.50. The number of rotatable bonds is 5. The number of carbonyl (C=O) groups is 1. The van der Waals surface area contributed by atoms with E-state index in [1.54, 1.807) is 30.6 Å². The average Bonchev–Trinajstić information content (AvgIpc) is 2.72. The van der Waals surface area contributed by atoms with Crippen LogP contribution in [-0.2, 0) is 11.2 Å². The lowest BCUT2D eigenvalue weighted by molar-refractivity contribution is -0.132. The predicted molar refractivity (Wildman–Crippen MR) is 116 cm³/mol. The van der Waals surface area contributed by atoms with Gasteiger partial charge in [0, 0.05) is 31.4 Å². The summed E-state index contributed by atoms with van der Waals surface area (Å²) in [6.45, 7) is 1.82. The maximum absolute atomic E-state index is 12.7. The van der Waals surface area contributed by atoms with Gasteiger partial charge in [0.1, 0.15) is 5.75 Å². The van der Waals surface area contributed by atoms with Crippen molar-refractivity contribution in [3.63, 3.8) is 0 Å². The monoisotopic (exact) mass is 431 g/mol. The molecule has 1 fully saturated rings. The standard InChI is InChI=1S/C20H25N5O4S/c21-20-19-16(23-30(27,28)24-20)4-1-5-17(19)29-13-15-3-2-10-25(12-15)18(26)11-14-6-8-22-9-7-14/h1,4-9,15,23,27-28H,2-3,10-13H2,(H2,21,24). The summed E-state index contributed by atoms with van der Waals surface area (Å²) >= 11 is 0. The molecule has 10 heteroatoms. The van der Waals surface area contributed by atoms with Gasteiger partial charge >= 0.3 is 0 Å². The Morgan fingerprint density at radius 1 is 1.30 bits per heavy atom. The molecule has 30 heavy (non-hydrogen) atoms. The Kier molecular flexibility index (Phi) is 5.80. The van der Waals surface area contributed by atoms with Crippen LogP contribution in [0.1, 0.15) is 24.0 Å². The predicted octanol–water partition coefficient (Wildman–Crippen LogP) is 2.65. The lowest BCUT2D eigenvalue weighted by Gasteiger charge is -2.34. The fraction of sp³-hybridized carbons (Fsp3) is 0.350. The number of nitrogens with two attached hydrogens (primary N) is 1. The first-order chi connectivity index (χ1) is 14.4. The number of anilines is 1. The second-order valence-corrected chi connectivity index (χ2v) is 8.89. The molecule has 0 spiro atoms. The Labute approximate surface area is 176 Å². The highest BCUT2D eigenvalue weighted by Crippen LogP contribution is 2.46. The summed E-state index contributed by atoms with van der Waals surface area (Å²) in [5.41, 5.74) is 7.88. The van der Waals surface area contributed by atoms with Crippen LogP contribution in [-0.4, -0.2) is 50.4 Å². The molecule has 0 bridgehead atoms. The highest BCUT2D eigenvalue weighted by Gasteiger charge is 2.27. The molecule has 160 valence electrons. The summed E-state index contributed by atoms with van der Waals surface area (Å²) in [6, 6.07) is 8.93. The van der Waals surface area contributed by atoms with Gasteiger partial charge in [-0.25, -0.2) is 0 Å². The van der Waals surface area contributed by atoms with Crippen molar-refractivity contribution in [1.82, 2.24) is 9.88 Å². The summed E-state index contributed by atoms with van der Waals surface area (Å²) in [6.07, 6.45) is 5.65. The second-order valence-electron chi connectivity index (χ2n) is 7.47. The van der Waals surface area contributed by atoms with Crippen LogP contribution >= 0.6 is 11.0 Å². The first-order valence-electron chi connectivity index (χ1n) is 9.75. The number of likely N-dealkylation sites (tertiary alicyclic amines) is 1. The molecule has 2 aromatic rings. The third-order valence-electron chi connectivity index (χ3n) is 5.21. The van der Waals surface area contributed by atoms with E-state index in [1.807, 2.05) is 17.0 Å². The summed E-state index contributed by atoms with van der Waals surface area (Å²) in [5.74, 6) is 0.855. The minimum absolute atomic E-state index is 0.0251. The van der Waals surface area contributed by atoms with Crippen LogP contribution in [0.2, 0.25) is 0 Å². The van der Waals surface area contributed by atoms with E-state index in [0.717, 1.165) is 24.9 Å². The number of pyridine rings is 1. The first kappa shape index (κ1) is 20.5. The molecule has 0 saturated carbocycles. The van der Waals surface area contributed by atoms with Gasteiger partial charge in [0.25, 0.3) is 0 Å². The average molecular weight is 432 g/mol. The maximum Gasteiger partial charge on any atom is 0.227 e. The number of amides is 1. The zero-order valence-corrected chi connectivity index (χ0v) is 17.2. The van der Waals surface area contributed by atoms with E-state index >= 15 is 0 Å². The van der Waals surface area contributed by atoms with Crippen molar-refractivity contribution in [3.05, 3.63) is 53.9 Å². The zero-order chi connectivity index (χ0) is 21.1. The van der Waals surface area contributed by atoms with Gasteiger partial charge in [0.05, 0.1) is 24.3 Å². The molecule has 9 nitrogen and oxygen atoms in total. The quantitative estimate of drug-likeness (QED) is 0.572. The number of nitrogens with one attached hydrogen (secondary N) is 1. The van der Waals surface area contributed by atoms with Crippen molar-refractivity contribution >= 4 is 28.4 Å². The van der Waals surface area contributed by atoms with Crippen LogP contribution in [0.3, 0.4) is 0 Å². The fourth-order valence-corrected chi connectivity index (χ4v) is 4.65. The summed E-state index contributed by atoms with van der Waals surface area (Å²) < 4.78 is 31.9. The molecule has 2 aliphatic heterocycles. The lowest BCUT2D eigenvalue weighted by Crippen LogP contribution is -2.42. The minimum Gasteiger partial charge on any atom is -0.492 e. The van der Waals surface area contributed by atoms with Crippen molar-refractivity contribution in [2.75, 3.05) is 24.4 Å². The number of piperidine rings is 1. The molecule has 1 amide bonds. The van der Waals surface area contributed by atoms with Crippen molar-refractivity contribution in [3.8, 4) is 5.75 Å². The topological polar surface area (TPSA) is 133 Å². The molecule has 2 aliphatic rings. The maximum atomic E-state index is 12.7. The number of hydrogen-bond donors (Lipinski definition) is 4. The van der Waals surface area contributed by atoms with Crippen LogP contribution in [0, 0.1) is 5.92 Å². The third kappa shape index (κ3) is 4.66. The molecule has 1 atom stereocenters. The van der Waals surface area contributed by atoms with Gasteiger partial charge in [0.2, 0.25) is 5.91 Å². The van der Waals surface area contributed by atoms with E-state index < -0.39 is 11.0 Å². The summed E-state index contributed by atoms with van der Waals surface area (Å²) in [7, 11) is -3.33. The molecule has 1 aromatic heterocycles. The number of hydrogen-bond acceptors (Lipinski definition) is 8. The van der Waals surface area contributed by atoms with E-state index in [0.29, 0.717) is 36.6 Å². The molecule has 0 radical (unpaired) electrons. The fourth-order valence-electron chi connectivity index (χ4n) is 3.78. The molecule has 1 aromatic carbocycles.